The summed E-state index contributed by atoms with van der Waals surface area (Å²) in [4.78, 5) is 15.3. The molecular weight excluding hydrogens is 241 g/mol. The van der Waals surface area contributed by atoms with Gasteiger partial charge in [-0.1, -0.05) is 12.1 Å². The van der Waals surface area contributed by atoms with E-state index < -0.39 is 0 Å². The van der Waals surface area contributed by atoms with Gasteiger partial charge in [-0.15, -0.1) is 11.3 Å². The molecule has 0 atom stereocenters. The van der Waals surface area contributed by atoms with Crippen molar-refractivity contribution in [1.29, 1.82) is 0 Å². The molecule has 4 nitrogen and oxygen atoms in total. The van der Waals surface area contributed by atoms with Gasteiger partial charge in [-0.3, -0.25) is 5.32 Å². The smallest absolute Gasteiger partial charge is 0.321 e. The summed E-state index contributed by atoms with van der Waals surface area (Å²) in [7, 11) is 0. The Morgan fingerprint density at radius 3 is 2.76 bits per heavy atom. The van der Waals surface area contributed by atoms with E-state index in [4.69, 9.17) is 0 Å². The summed E-state index contributed by atoms with van der Waals surface area (Å²) in [5.74, 6) is -0.291. The van der Waals surface area contributed by atoms with Crippen molar-refractivity contribution >= 4 is 22.5 Å². The van der Waals surface area contributed by atoms with Crippen LogP contribution in [0.2, 0.25) is 0 Å². The van der Waals surface area contributed by atoms with Gasteiger partial charge in [-0.25, -0.2) is 14.2 Å². The van der Waals surface area contributed by atoms with Gasteiger partial charge in [0.05, 0.1) is 0 Å². The van der Waals surface area contributed by atoms with Crippen LogP contribution in [0.15, 0.2) is 35.8 Å². The Hall–Kier alpha value is -1.95. The number of hydrogen-bond donors (Lipinski definition) is 2. The predicted molar refractivity (Wildman–Crippen MR) is 64.4 cm³/mol. The van der Waals surface area contributed by atoms with Crippen LogP contribution in [0, 0.1) is 5.82 Å². The van der Waals surface area contributed by atoms with E-state index in [2.05, 4.69) is 15.6 Å². The molecule has 0 fully saturated rings. The molecule has 88 valence electrons. The summed E-state index contributed by atoms with van der Waals surface area (Å²) in [5, 5.41) is 7.55. The van der Waals surface area contributed by atoms with Gasteiger partial charge in [0.2, 0.25) is 0 Å². The third-order valence-electron chi connectivity index (χ3n) is 2.02. The normalized spacial score (nSPS) is 9.94. The number of anilines is 1. The zero-order valence-electron chi connectivity index (χ0n) is 8.81. The molecule has 0 spiro atoms. The van der Waals surface area contributed by atoms with E-state index in [0.29, 0.717) is 11.7 Å². The monoisotopic (exact) mass is 251 g/mol. The van der Waals surface area contributed by atoms with Crippen LogP contribution in [0.25, 0.3) is 0 Å². The number of carbonyl (C=O) groups is 1. The highest BCUT2D eigenvalue weighted by Crippen LogP contribution is 2.09. The number of halogens is 1. The number of urea groups is 1. The molecular formula is C11H10FN3OS. The lowest BCUT2D eigenvalue weighted by Crippen LogP contribution is -2.28. The minimum absolute atomic E-state index is 0.291. The molecule has 1 heterocycles. The van der Waals surface area contributed by atoms with Crippen LogP contribution in [-0.2, 0) is 6.54 Å². The third kappa shape index (κ3) is 3.53. The number of thiazole rings is 1. The maximum atomic E-state index is 12.6. The van der Waals surface area contributed by atoms with Crippen molar-refractivity contribution < 1.29 is 9.18 Å². The maximum absolute atomic E-state index is 12.6. The second kappa shape index (κ2) is 5.40. The van der Waals surface area contributed by atoms with Crippen LogP contribution in [0.4, 0.5) is 14.3 Å². The van der Waals surface area contributed by atoms with Crippen LogP contribution in [0.3, 0.4) is 0 Å². The van der Waals surface area contributed by atoms with E-state index in [1.165, 1.54) is 23.5 Å². The van der Waals surface area contributed by atoms with E-state index in [-0.39, 0.29) is 11.8 Å². The molecule has 2 amide bonds. The van der Waals surface area contributed by atoms with Crippen LogP contribution in [0.1, 0.15) is 5.56 Å². The Morgan fingerprint density at radius 1 is 1.35 bits per heavy atom. The molecule has 0 saturated carbocycles. The van der Waals surface area contributed by atoms with Crippen molar-refractivity contribution in [2.45, 2.75) is 6.54 Å². The summed E-state index contributed by atoms with van der Waals surface area (Å²) in [6, 6.07) is 5.63. The van der Waals surface area contributed by atoms with Gasteiger partial charge in [0.25, 0.3) is 0 Å². The highest BCUT2D eigenvalue weighted by molar-refractivity contribution is 7.13. The molecule has 0 aliphatic carbocycles. The van der Waals surface area contributed by atoms with Crippen molar-refractivity contribution in [3.63, 3.8) is 0 Å². The van der Waals surface area contributed by atoms with Gasteiger partial charge >= 0.3 is 6.03 Å². The van der Waals surface area contributed by atoms with Gasteiger partial charge in [-0.2, -0.15) is 0 Å². The van der Waals surface area contributed by atoms with Gasteiger partial charge in [-0.05, 0) is 17.7 Å². The van der Waals surface area contributed by atoms with Crippen LogP contribution < -0.4 is 10.6 Å². The van der Waals surface area contributed by atoms with E-state index in [1.807, 2.05) is 0 Å². The fourth-order valence-corrected chi connectivity index (χ4v) is 1.74. The molecule has 0 bridgehead atoms. The Balaban J connectivity index is 1.82. The Labute approximate surface area is 102 Å². The summed E-state index contributed by atoms with van der Waals surface area (Å²) in [6.07, 6.45) is 1.61. The molecule has 2 N–H and O–H groups in total. The summed E-state index contributed by atoms with van der Waals surface area (Å²) in [5.41, 5.74) is 0.834. The quantitative estimate of drug-likeness (QED) is 0.881. The number of aromatic nitrogens is 1. The molecule has 2 rings (SSSR count). The Morgan fingerprint density at radius 2 is 2.12 bits per heavy atom. The minimum Gasteiger partial charge on any atom is -0.334 e. The fraction of sp³-hybridized carbons (Fsp3) is 0.0909. The number of rotatable bonds is 3. The zero-order chi connectivity index (χ0) is 12.1. The third-order valence-corrected chi connectivity index (χ3v) is 2.71. The van der Waals surface area contributed by atoms with Gasteiger partial charge in [0, 0.05) is 18.1 Å². The number of hydrogen-bond acceptors (Lipinski definition) is 3. The lowest BCUT2D eigenvalue weighted by Gasteiger charge is -2.05. The SMILES string of the molecule is O=C(NCc1ccc(F)cc1)Nc1nccs1. The summed E-state index contributed by atoms with van der Waals surface area (Å²) >= 11 is 1.34. The van der Waals surface area contributed by atoms with Gasteiger partial charge in [0.15, 0.2) is 5.13 Å². The molecule has 17 heavy (non-hydrogen) atoms. The highest BCUT2D eigenvalue weighted by atomic mass is 32.1. The van der Waals surface area contributed by atoms with E-state index >= 15 is 0 Å². The first-order valence-electron chi connectivity index (χ1n) is 4.93. The van der Waals surface area contributed by atoms with Gasteiger partial charge in [0.1, 0.15) is 5.82 Å². The molecule has 1 aromatic carbocycles. The van der Waals surface area contributed by atoms with Crippen molar-refractivity contribution in [1.82, 2.24) is 10.3 Å². The Bertz CT molecular complexity index is 484. The second-order valence-electron chi connectivity index (χ2n) is 3.27. The number of nitrogens with zero attached hydrogens (tertiary/aromatic N) is 1. The van der Waals surface area contributed by atoms with Crippen LogP contribution in [0.5, 0.6) is 0 Å². The number of nitrogens with one attached hydrogen (secondary N) is 2. The standard InChI is InChI=1S/C11H10FN3OS/c12-9-3-1-8(2-4-9)7-14-10(16)15-11-13-5-6-17-11/h1-6H,7H2,(H2,13,14,15,16). The first-order valence-corrected chi connectivity index (χ1v) is 5.81. The topological polar surface area (TPSA) is 54.0 Å². The Kier molecular flexibility index (Phi) is 3.66. The summed E-state index contributed by atoms with van der Waals surface area (Å²) in [6.45, 7) is 0.345. The molecule has 6 heteroatoms. The average Bonchev–Trinajstić information content (AvgIpc) is 2.81. The van der Waals surface area contributed by atoms with Crippen LogP contribution in [-0.4, -0.2) is 11.0 Å². The predicted octanol–water partition coefficient (Wildman–Crippen LogP) is 2.60. The molecule has 0 aliphatic rings. The molecule has 2 aromatic rings. The minimum atomic E-state index is -0.329. The lowest BCUT2D eigenvalue weighted by molar-refractivity contribution is 0.251. The van der Waals surface area contributed by atoms with Gasteiger partial charge < -0.3 is 5.32 Å². The molecule has 0 radical (unpaired) electrons. The largest absolute Gasteiger partial charge is 0.334 e. The van der Waals surface area contributed by atoms with E-state index in [9.17, 15) is 9.18 Å². The first kappa shape index (κ1) is 11.5. The lowest BCUT2D eigenvalue weighted by atomic mass is 10.2. The van der Waals surface area contributed by atoms with Crippen molar-refractivity contribution in [2.24, 2.45) is 0 Å². The van der Waals surface area contributed by atoms with Crippen molar-refractivity contribution in [2.75, 3.05) is 5.32 Å². The zero-order valence-corrected chi connectivity index (χ0v) is 9.63. The molecule has 0 unspecified atom stereocenters. The number of amides is 2. The number of benzene rings is 1. The summed E-state index contributed by atoms with van der Waals surface area (Å²) < 4.78 is 12.6. The molecule has 0 aliphatic heterocycles. The average molecular weight is 251 g/mol. The van der Waals surface area contributed by atoms with Crippen molar-refractivity contribution in [3.8, 4) is 0 Å². The second-order valence-corrected chi connectivity index (χ2v) is 4.17. The molecule has 0 saturated heterocycles. The maximum Gasteiger partial charge on any atom is 0.321 e. The fourth-order valence-electron chi connectivity index (χ4n) is 1.21. The van der Waals surface area contributed by atoms with E-state index in [0.717, 1.165) is 5.56 Å². The number of carbonyl (C=O) groups excluding carboxylic acids is 1. The van der Waals surface area contributed by atoms with E-state index in [1.54, 1.807) is 23.7 Å². The molecule has 1 aromatic heterocycles. The van der Waals surface area contributed by atoms with Crippen LogP contribution >= 0.6 is 11.3 Å². The first-order chi connectivity index (χ1) is 8.24. The highest BCUT2D eigenvalue weighted by Gasteiger charge is 2.02. The van der Waals surface area contributed by atoms with Crippen molar-refractivity contribution in [3.05, 3.63) is 47.2 Å².